The standard InChI is InChI=1S/C23H26N4O4/c1-31-18-9-7-16(8-10-18)13-24-23(30)21(17-5-3-2-4-6-17)26-11-12-27-19(15-26)22(29)25-14-20(27)28/h2-10,19,21H,11-15H2,1H3,(H,24,30)(H,25,29)/t19-,21?/m1/s1. The largest absolute Gasteiger partial charge is 0.497 e. The molecule has 2 heterocycles. The fourth-order valence-corrected chi connectivity index (χ4v) is 4.14. The first-order valence-corrected chi connectivity index (χ1v) is 10.3. The van der Waals surface area contributed by atoms with Gasteiger partial charge in [0.15, 0.2) is 0 Å². The Balaban J connectivity index is 1.51. The number of hydrogen-bond acceptors (Lipinski definition) is 5. The van der Waals surface area contributed by atoms with Crippen LogP contribution in [0.5, 0.6) is 5.75 Å². The molecule has 0 spiro atoms. The third-order valence-electron chi connectivity index (χ3n) is 5.80. The first-order valence-electron chi connectivity index (χ1n) is 10.3. The summed E-state index contributed by atoms with van der Waals surface area (Å²) in [4.78, 5) is 41.4. The van der Waals surface area contributed by atoms with Crippen LogP contribution in [0.1, 0.15) is 17.2 Å². The van der Waals surface area contributed by atoms with Crippen molar-refractivity contribution in [2.24, 2.45) is 0 Å². The average Bonchev–Trinajstić information content (AvgIpc) is 2.81. The first kappa shape index (κ1) is 20.9. The van der Waals surface area contributed by atoms with Gasteiger partial charge in [-0.1, -0.05) is 42.5 Å². The molecule has 1 unspecified atom stereocenters. The normalized spacial score (nSPS) is 19.9. The minimum atomic E-state index is -0.574. The van der Waals surface area contributed by atoms with Crippen molar-refractivity contribution in [3.8, 4) is 5.75 Å². The molecule has 162 valence electrons. The van der Waals surface area contributed by atoms with Crippen LogP contribution in [0.4, 0.5) is 0 Å². The van der Waals surface area contributed by atoms with Crippen molar-refractivity contribution in [1.29, 1.82) is 0 Å². The molecule has 0 aromatic heterocycles. The van der Waals surface area contributed by atoms with Gasteiger partial charge in [0, 0.05) is 26.2 Å². The molecule has 0 saturated carbocycles. The van der Waals surface area contributed by atoms with Crippen molar-refractivity contribution < 1.29 is 19.1 Å². The fourth-order valence-electron chi connectivity index (χ4n) is 4.14. The van der Waals surface area contributed by atoms with Crippen LogP contribution in [0, 0.1) is 0 Å². The lowest BCUT2D eigenvalue weighted by Crippen LogP contribution is -2.66. The lowest BCUT2D eigenvalue weighted by Gasteiger charge is -2.45. The second kappa shape index (κ2) is 9.18. The van der Waals surface area contributed by atoms with E-state index >= 15 is 0 Å². The Kier molecular flexibility index (Phi) is 6.18. The predicted molar refractivity (Wildman–Crippen MR) is 114 cm³/mol. The van der Waals surface area contributed by atoms with E-state index in [1.165, 1.54) is 0 Å². The lowest BCUT2D eigenvalue weighted by molar-refractivity contribution is -0.150. The Labute approximate surface area is 181 Å². The number of carbonyl (C=O) groups is 3. The van der Waals surface area contributed by atoms with E-state index < -0.39 is 12.1 Å². The van der Waals surface area contributed by atoms with Gasteiger partial charge < -0.3 is 20.3 Å². The van der Waals surface area contributed by atoms with Crippen LogP contribution in [0.3, 0.4) is 0 Å². The maximum absolute atomic E-state index is 13.3. The van der Waals surface area contributed by atoms with E-state index in [0.717, 1.165) is 16.9 Å². The van der Waals surface area contributed by atoms with Crippen LogP contribution >= 0.6 is 0 Å². The summed E-state index contributed by atoms with van der Waals surface area (Å²) in [5.74, 6) is 0.368. The van der Waals surface area contributed by atoms with Gasteiger partial charge in [-0.25, -0.2) is 0 Å². The van der Waals surface area contributed by atoms with Crippen molar-refractivity contribution in [2.45, 2.75) is 18.6 Å². The summed E-state index contributed by atoms with van der Waals surface area (Å²) in [7, 11) is 1.61. The molecule has 2 N–H and O–H groups in total. The summed E-state index contributed by atoms with van der Waals surface area (Å²) >= 11 is 0. The SMILES string of the molecule is COc1ccc(CNC(=O)C(c2ccccc2)N2CCN3C(=O)CNC(=O)[C@H]3C2)cc1. The second-order valence-electron chi connectivity index (χ2n) is 7.69. The molecule has 0 aliphatic carbocycles. The summed E-state index contributed by atoms with van der Waals surface area (Å²) in [6, 6.07) is 15.9. The number of fused-ring (bicyclic) bond motifs is 1. The Morgan fingerprint density at radius 1 is 1.13 bits per heavy atom. The summed E-state index contributed by atoms with van der Waals surface area (Å²) < 4.78 is 5.18. The third kappa shape index (κ3) is 4.54. The number of nitrogens with one attached hydrogen (secondary N) is 2. The van der Waals surface area contributed by atoms with Crippen LogP contribution in [-0.2, 0) is 20.9 Å². The van der Waals surface area contributed by atoms with E-state index in [1.807, 2.05) is 59.5 Å². The van der Waals surface area contributed by atoms with E-state index in [2.05, 4.69) is 10.6 Å². The zero-order chi connectivity index (χ0) is 21.8. The second-order valence-corrected chi connectivity index (χ2v) is 7.69. The molecule has 31 heavy (non-hydrogen) atoms. The number of piperazine rings is 2. The topological polar surface area (TPSA) is 91.0 Å². The highest BCUT2D eigenvalue weighted by molar-refractivity contribution is 5.95. The molecule has 2 aliphatic rings. The van der Waals surface area contributed by atoms with Gasteiger partial charge in [-0.2, -0.15) is 0 Å². The van der Waals surface area contributed by atoms with E-state index in [9.17, 15) is 14.4 Å². The van der Waals surface area contributed by atoms with Gasteiger partial charge in [-0.05, 0) is 23.3 Å². The molecule has 2 saturated heterocycles. The molecular formula is C23H26N4O4. The van der Waals surface area contributed by atoms with Gasteiger partial charge in [0.1, 0.15) is 17.8 Å². The van der Waals surface area contributed by atoms with Crippen molar-refractivity contribution in [3.05, 3.63) is 65.7 Å². The van der Waals surface area contributed by atoms with Crippen molar-refractivity contribution in [3.63, 3.8) is 0 Å². The van der Waals surface area contributed by atoms with Gasteiger partial charge in [0.25, 0.3) is 0 Å². The highest BCUT2D eigenvalue weighted by Gasteiger charge is 2.41. The number of rotatable bonds is 6. The Bertz CT molecular complexity index is 948. The van der Waals surface area contributed by atoms with Crippen molar-refractivity contribution in [2.75, 3.05) is 33.3 Å². The smallest absolute Gasteiger partial charge is 0.244 e. The number of hydrogen-bond donors (Lipinski definition) is 2. The molecule has 2 aromatic rings. The zero-order valence-corrected chi connectivity index (χ0v) is 17.4. The molecule has 2 atom stereocenters. The van der Waals surface area contributed by atoms with Crippen molar-refractivity contribution in [1.82, 2.24) is 20.4 Å². The average molecular weight is 422 g/mol. The minimum absolute atomic E-state index is 0.0415. The summed E-state index contributed by atoms with van der Waals surface area (Å²) in [5, 5.41) is 5.67. The molecule has 2 aliphatic heterocycles. The van der Waals surface area contributed by atoms with E-state index in [-0.39, 0.29) is 24.3 Å². The first-order chi connectivity index (χ1) is 15.1. The maximum Gasteiger partial charge on any atom is 0.244 e. The van der Waals surface area contributed by atoms with E-state index in [1.54, 1.807) is 12.0 Å². The zero-order valence-electron chi connectivity index (χ0n) is 17.4. The summed E-state index contributed by atoms with van der Waals surface area (Å²) in [5.41, 5.74) is 1.81. The van der Waals surface area contributed by atoms with Gasteiger partial charge in [-0.15, -0.1) is 0 Å². The quantitative estimate of drug-likeness (QED) is 0.715. The Morgan fingerprint density at radius 2 is 1.87 bits per heavy atom. The van der Waals surface area contributed by atoms with Crippen LogP contribution < -0.4 is 15.4 Å². The molecule has 4 rings (SSSR count). The van der Waals surface area contributed by atoms with Crippen molar-refractivity contribution >= 4 is 17.7 Å². The van der Waals surface area contributed by atoms with Gasteiger partial charge in [0.2, 0.25) is 17.7 Å². The van der Waals surface area contributed by atoms with Gasteiger partial charge >= 0.3 is 0 Å². The highest BCUT2D eigenvalue weighted by Crippen LogP contribution is 2.26. The number of amides is 3. The molecular weight excluding hydrogens is 396 g/mol. The Hall–Kier alpha value is -3.39. The maximum atomic E-state index is 13.3. The van der Waals surface area contributed by atoms with Crippen LogP contribution in [-0.4, -0.2) is 66.9 Å². The van der Waals surface area contributed by atoms with E-state index in [4.69, 9.17) is 4.74 Å². The van der Waals surface area contributed by atoms with Crippen LogP contribution in [0.15, 0.2) is 54.6 Å². The summed E-state index contributed by atoms with van der Waals surface area (Å²) in [6.45, 7) is 1.68. The molecule has 0 bridgehead atoms. The van der Waals surface area contributed by atoms with Gasteiger partial charge in [-0.3, -0.25) is 19.3 Å². The number of ether oxygens (including phenoxy) is 1. The third-order valence-corrected chi connectivity index (χ3v) is 5.80. The fraction of sp³-hybridized carbons (Fsp3) is 0.348. The lowest BCUT2D eigenvalue weighted by atomic mass is 10.00. The number of nitrogens with zero attached hydrogens (tertiary/aromatic N) is 2. The minimum Gasteiger partial charge on any atom is -0.497 e. The number of benzene rings is 2. The molecule has 2 aromatic carbocycles. The molecule has 3 amide bonds. The monoisotopic (exact) mass is 422 g/mol. The molecule has 2 fully saturated rings. The highest BCUT2D eigenvalue weighted by atomic mass is 16.5. The number of carbonyl (C=O) groups excluding carboxylic acids is 3. The van der Waals surface area contributed by atoms with Crippen LogP contribution in [0.25, 0.3) is 0 Å². The molecule has 8 heteroatoms. The molecule has 8 nitrogen and oxygen atoms in total. The summed E-state index contributed by atoms with van der Waals surface area (Å²) in [6.07, 6.45) is 0. The van der Waals surface area contributed by atoms with Gasteiger partial charge in [0.05, 0.1) is 13.7 Å². The van der Waals surface area contributed by atoms with Crippen LogP contribution in [0.2, 0.25) is 0 Å². The molecule has 0 radical (unpaired) electrons. The predicted octanol–water partition coefficient (Wildman–Crippen LogP) is 0.695. The Morgan fingerprint density at radius 3 is 2.58 bits per heavy atom. The number of methoxy groups -OCH3 is 1. The van der Waals surface area contributed by atoms with E-state index in [0.29, 0.717) is 26.2 Å².